The number of nitrogens with two attached hydrogens (primary N) is 1. The van der Waals surface area contributed by atoms with Gasteiger partial charge in [0.2, 0.25) is 0 Å². The Morgan fingerprint density at radius 3 is 2.88 bits per heavy atom. The molecule has 0 bridgehead atoms. The maximum atomic E-state index is 13.2. The topological polar surface area (TPSA) is 38.0 Å². The Bertz CT molecular complexity index is 374. The molecule has 0 spiro atoms. The molecule has 0 heterocycles. The third kappa shape index (κ3) is 4.76. The van der Waals surface area contributed by atoms with Crippen LogP contribution in [0.15, 0.2) is 16.6 Å². The van der Waals surface area contributed by atoms with Gasteiger partial charge < -0.3 is 11.1 Å². The van der Waals surface area contributed by atoms with Gasteiger partial charge in [-0.2, -0.15) is 11.8 Å². The molecular formula is C12H18BrFN2S. The molecular weight excluding hydrogens is 303 g/mol. The van der Waals surface area contributed by atoms with E-state index in [1.165, 1.54) is 6.07 Å². The number of nitrogen functional groups attached to an aromatic ring is 1. The molecule has 0 aliphatic heterocycles. The summed E-state index contributed by atoms with van der Waals surface area (Å²) < 4.78 is 13.6. The summed E-state index contributed by atoms with van der Waals surface area (Å²) >= 11 is 5.08. The van der Waals surface area contributed by atoms with Gasteiger partial charge in [0.1, 0.15) is 5.82 Å². The second-order valence-electron chi connectivity index (χ2n) is 3.88. The van der Waals surface area contributed by atoms with E-state index >= 15 is 0 Å². The number of rotatable bonds is 6. The molecule has 1 rings (SSSR count). The van der Waals surface area contributed by atoms with E-state index in [1.54, 1.807) is 6.07 Å². The Kier molecular flexibility index (Phi) is 6.12. The zero-order valence-corrected chi connectivity index (χ0v) is 12.5. The molecule has 1 aromatic carbocycles. The molecule has 0 aliphatic rings. The van der Waals surface area contributed by atoms with Crippen molar-refractivity contribution in [3.63, 3.8) is 0 Å². The van der Waals surface area contributed by atoms with Crippen molar-refractivity contribution in [3.8, 4) is 0 Å². The lowest BCUT2D eigenvalue weighted by Gasteiger charge is -2.17. The molecule has 1 unspecified atom stereocenters. The van der Waals surface area contributed by atoms with Crippen molar-refractivity contribution in [1.82, 2.24) is 0 Å². The first-order valence-corrected chi connectivity index (χ1v) is 7.58. The van der Waals surface area contributed by atoms with Crippen LogP contribution in [0.4, 0.5) is 15.8 Å². The SMILES string of the molecule is CCSCCC(C)Nc1cc(Br)c(F)cc1N. The van der Waals surface area contributed by atoms with Gasteiger partial charge in [0.15, 0.2) is 0 Å². The lowest BCUT2D eigenvalue weighted by molar-refractivity contribution is 0.621. The maximum absolute atomic E-state index is 13.2. The fraction of sp³-hybridized carbons (Fsp3) is 0.500. The van der Waals surface area contributed by atoms with E-state index in [1.807, 2.05) is 11.8 Å². The quantitative estimate of drug-likeness (QED) is 0.611. The molecule has 3 N–H and O–H groups in total. The van der Waals surface area contributed by atoms with Crippen molar-refractivity contribution in [1.29, 1.82) is 0 Å². The first kappa shape index (κ1) is 14.6. The molecule has 1 atom stereocenters. The maximum Gasteiger partial charge on any atom is 0.139 e. The predicted octanol–water partition coefficient (Wildman–Crippen LogP) is 4.11. The fourth-order valence-corrected chi connectivity index (χ4v) is 2.58. The Morgan fingerprint density at radius 2 is 2.24 bits per heavy atom. The Hall–Kier alpha value is -0.420. The lowest BCUT2D eigenvalue weighted by Crippen LogP contribution is -2.17. The van der Waals surface area contributed by atoms with E-state index in [0.29, 0.717) is 16.2 Å². The van der Waals surface area contributed by atoms with Gasteiger partial charge in [-0.25, -0.2) is 4.39 Å². The minimum absolute atomic E-state index is 0.328. The Balaban J connectivity index is 2.58. The second kappa shape index (κ2) is 7.11. The largest absolute Gasteiger partial charge is 0.397 e. The van der Waals surface area contributed by atoms with Crippen LogP contribution in [0.1, 0.15) is 20.3 Å². The van der Waals surface area contributed by atoms with Crippen LogP contribution in [-0.4, -0.2) is 17.5 Å². The number of benzene rings is 1. The number of hydrogen-bond donors (Lipinski definition) is 2. The van der Waals surface area contributed by atoms with E-state index in [0.717, 1.165) is 23.6 Å². The Morgan fingerprint density at radius 1 is 1.53 bits per heavy atom. The molecule has 1 aromatic rings. The molecule has 0 aromatic heterocycles. The molecule has 0 aliphatic carbocycles. The average Bonchev–Trinajstić information content (AvgIpc) is 2.26. The van der Waals surface area contributed by atoms with Crippen LogP contribution in [0, 0.1) is 5.82 Å². The molecule has 17 heavy (non-hydrogen) atoms. The fourth-order valence-electron chi connectivity index (χ4n) is 1.43. The first-order chi connectivity index (χ1) is 8.04. The van der Waals surface area contributed by atoms with E-state index < -0.39 is 0 Å². The molecule has 0 saturated heterocycles. The normalized spacial score (nSPS) is 12.5. The third-order valence-corrected chi connectivity index (χ3v) is 3.93. The number of hydrogen-bond acceptors (Lipinski definition) is 3. The summed E-state index contributed by atoms with van der Waals surface area (Å²) in [7, 11) is 0. The average molecular weight is 321 g/mol. The molecule has 0 saturated carbocycles. The third-order valence-electron chi connectivity index (χ3n) is 2.39. The molecule has 2 nitrogen and oxygen atoms in total. The molecule has 96 valence electrons. The van der Waals surface area contributed by atoms with E-state index in [9.17, 15) is 4.39 Å². The molecule has 0 fully saturated rings. The van der Waals surface area contributed by atoms with Gasteiger partial charge in [-0.3, -0.25) is 0 Å². The Labute approximate surface area is 115 Å². The second-order valence-corrected chi connectivity index (χ2v) is 6.13. The summed E-state index contributed by atoms with van der Waals surface area (Å²) in [5, 5.41) is 3.30. The summed E-state index contributed by atoms with van der Waals surface area (Å²) in [5.74, 6) is 1.92. The van der Waals surface area contributed by atoms with Gasteiger partial charge in [-0.05, 0) is 46.8 Å². The van der Waals surface area contributed by atoms with Crippen LogP contribution in [0.25, 0.3) is 0 Å². The van der Waals surface area contributed by atoms with Crippen molar-refractivity contribution in [2.75, 3.05) is 22.6 Å². The highest BCUT2D eigenvalue weighted by atomic mass is 79.9. The zero-order valence-electron chi connectivity index (χ0n) is 10.1. The molecule has 0 amide bonds. The highest BCUT2D eigenvalue weighted by molar-refractivity contribution is 9.10. The monoisotopic (exact) mass is 320 g/mol. The summed E-state index contributed by atoms with van der Waals surface area (Å²) in [4.78, 5) is 0. The minimum Gasteiger partial charge on any atom is -0.397 e. The van der Waals surface area contributed by atoms with E-state index in [4.69, 9.17) is 5.73 Å². The van der Waals surface area contributed by atoms with Gasteiger partial charge in [-0.1, -0.05) is 6.92 Å². The van der Waals surface area contributed by atoms with Gasteiger partial charge >= 0.3 is 0 Å². The molecule has 5 heteroatoms. The van der Waals surface area contributed by atoms with Crippen LogP contribution >= 0.6 is 27.7 Å². The van der Waals surface area contributed by atoms with Gasteiger partial charge in [0, 0.05) is 12.1 Å². The summed E-state index contributed by atoms with van der Waals surface area (Å²) in [6.07, 6.45) is 1.06. The van der Waals surface area contributed by atoms with Gasteiger partial charge in [-0.15, -0.1) is 0 Å². The summed E-state index contributed by atoms with van der Waals surface area (Å²) in [6.45, 7) is 4.25. The van der Waals surface area contributed by atoms with Crippen molar-refractivity contribution in [2.24, 2.45) is 0 Å². The van der Waals surface area contributed by atoms with Crippen molar-refractivity contribution >= 4 is 39.1 Å². The van der Waals surface area contributed by atoms with E-state index in [-0.39, 0.29) is 5.82 Å². The highest BCUT2D eigenvalue weighted by Gasteiger charge is 2.08. The van der Waals surface area contributed by atoms with E-state index in [2.05, 4.69) is 35.1 Å². The summed E-state index contributed by atoms with van der Waals surface area (Å²) in [5.41, 5.74) is 6.99. The molecule has 0 radical (unpaired) electrons. The van der Waals surface area contributed by atoms with Crippen molar-refractivity contribution < 1.29 is 4.39 Å². The lowest BCUT2D eigenvalue weighted by atomic mass is 10.2. The first-order valence-electron chi connectivity index (χ1n) is 5.63. The summed E-state index contributed by atoms with van der Waals surface area (Å²) in [6, 6.07) is 3.35. The van der Waals surface area contributed by atoms with Crippen LogP contribution in [0.3, 0.4) is 0 Å². The van der Waals surface area contributed by atoms with Crippen LogP contribution in [0.2, 0.25) is 0 Å². The predicted molar refractivity (Wildman–Crippen MR) is 79.2 cm³/mol. The van der Waals surface area contributed by atoms with Crippen molar-refractivity contribution in [2.45, 2.75) is 26.3 Å². The number of nitrogens with one attached hydrogen (secondary N) is 1. The highest BCUT2D eigenvalue weighted by Crippen LogP contribution is 2.27. The smallest absolute Gasteiger partial charge is 0.139 e. The van der Waals surface area contributed by atoms with Crippen LogP contribution in [0.5, 0.6) is 0 Å². The van der Waals surface area contributed by atoms with Crippen molar-refractivity contribution in [3.05, 3.63) is 22.4 Å². The minimum atomic E-state index is -0.331. The van der Waals surface area contributed by atoms with Gasteiger partial charge in [0.05, 0.1) is 15.8 Å². The van der Waals surface area contributed by atoms with Crippen LogP contribution < -0.4 is 11.1 Å². The van der Waals surface area contributed by atoms with Crippen LogP contribution in [-0.2, 0) is 0 Å². The number of thioether (sulfide) groups is 1. The standard InChI is InChI=1S/C12H18BrFN2S/c1-3-17-5-4-8(2)16-12-6-9(13)10(14)7-11(12)15/h6-8,16H,3-5,15H2,1-2H3. The number of halogens is 2. The van der Waals surface area contributed by atoms with Gasteiger partial charge in [0.25, 0.3) is 0 Å². The number of anilines is 2. The zero-order chi connectivity index (χ0) is 12.8.